The van der Waals surface area contributed by atoms with Gasteiger partial charge in [0.05, 0.1) is 22.7 Å². The Morgan fingerprint density at radius 3 is 2.18 bits per heavy atom. The lowest BCUT2D eigenvalue weighted by atomic mass is 10.1. The van der Waals surface area contributed by atoms with Crippen LogP contribution in [0.2, 0.25) is 0 Å². The van der Waals surface area contributed by atoms with Crippen molar-refractivity contribution in [2.45, 2.75) is 18.7 Å². The van der Waals surface area contributed by atoms with Crippen molar-refractivity contribution in [2.24, 2.45) is 0 Å². The molecule has 34 heavy (non-hydrogen) atoms. The van der Waals surface area contributed by atoms with Gasteiger partial charge in [0.15, 0.2) is 0 Å². The van der Waals surface area contributed by atoms with Crippen molar-refractivity contribution in [3.05, 3.63) is 83.4 Å². The van der Waals surface area contributed by atoms with Crippen LogP contribution in [0.25, 0.3) is 0 Å². The second-order valence-electron chi connectivity index (χ2n) is 7.97. The molecule has 178 valence electrons. The molecule has 3 N–H and O–H groups in total. The number of para-hydroxylation sites is 2. The van der Waals surface area contributed by atoms with Gasteiger partial charge in [0.1, 0.15) is 0 Å². The first-order chi connectivity index (χ1) is 16.1. The molecule has 8 nitrogen and oxygen atoms in total. The lowest BCUT2D eigenvalue weighted by molar-refractivity contribution is -0.114. The molecule has 0 aliphatic carbocycles. The summed E-state index contributed by atoms with van der Waals surface area (Å²) in [5, 5.41) is 8.58. The molecular weight excluding hydrogens is 452 g/mol. The first-order valence-electron chi connectivity index (χ1n) is 10.6. The van der Waals surface area contributed by atoms with Crippen molar-refractivity contribution in [3.63, 3.8) is 0 Å². The van der Waals surface area contributed by atoms with E-state index in [0.717, 1.165) is 15.4 Å². The Morgan fingerprint density at radius 1 is 0.853 bits per heavy atom. The summed E-state index contributed by atoms with van der Waals surface area (Å²) in [6.07, 6.45) is 0. The predicted molar refractivity (Wildman–Crippen MR) is 135 cm³/mol. The van der Waals surface area contributed by atoms with Crippen LogP contribution in [0.5, 0.6) is 0 Å². The number of aryl methyl sites for hydroxylation is 1. The zero-order valence-electron chi connectivity index (χ0n) is 19.5. The average Bonchev–Trinajstić information content (AvgIpc) is 2.80. The van der Waals surface area contributed by atoms with Crippen LogP contribution in [0.4, 0.5) is 17.1 Å². The number of nitrogens with one attached hydrogen (secondary N) is 3. The van der Waals surface area contributed by atoms with E-state index in [2.05, 4.69) is 16.0 Å². The van der Waals surface area contributed by atoms with Crippen LogP contribution in [0.1, 0.15) is 21.5 Å². The molecule has 0 bridgehead atoms. The molecule has 0 aliphatic heterocycles. The van der Waals surface area contributed by atoms with Crippen molar-refractivity contribution < 1.29 is 18.0 Å². The van der Waals surface area contributed by atoms with E-state index in [9.17, 15) is 18.0 Å². The highest BCUT2D eigenvalue weighted by atomic mass is 32.2. The first kappa shape index (κ1) is 24.9. The Kier molecular flexibility index (Phi) is 7.70. The highest BCUT2D eigenvalue weighted by molar-refractivity contribution is 7.89. The summed E-state index contributed by atoms with van der Waals surface area (Å²) < 4.78 is 26.2. The summed E-state index contributed by atoms with van der Waals surface area (Å²) in [7, 11) is -0.681. The van der Waals surface area contributed by atoms with Crippen LogP contribution < -0.4 is 16.0 Å². The molecule has 3 aromatic rings. The standard InChI is InChI=1S/C25H28N4O4S/c1-17-14-20(34(32,33)29(3)4)15-23(18(17)2)26-16-24(30)28-22-13-9-8-12-21(22)25(31)27-19-10-6-5-7-11-19/h5-15,26H,16H2,1-4H3,(H,27,31)(H,28,30). The quantitative estimate of drug-likeness (QED) is 0.454. The number of benzene rings is 3. The number of anilines is 3. The van der Waals surface area contributed by atoms with Crippen LogP contribution in [0.15, 0.2) is 71.6 Å². The fraction of sp³-hybridized carbons (Fsp3) is 0.200. The minimum absolute atomic E-state index is 0.111. The Morgan fingerprint density at radius 2 is 1.50 bits per heavy atom. The van der Waals surface area contributed by atoms with Gasteiger partial charge in [-0.05, 0) is 61.4 Å². The van der Waals surface area contributed by atoms with Crippen LogP contribution in [0, 0.1) is 13.8 Å². The van der Waals surface area contributed by atoms with Gasteiger partial charge in [-0.2, -0.15) is 0 Å². The molecule has 0 saturated heterocycles. The third-order valence-electron chi connectivity index (χ3n) is 5.34. The molecule has 3 aromatic carbocycles. The van der Waals surface area contributed by atoms with Crippen LogP contribution in [-0.2, 0) is 14.8 Å². The number of sulfonamides is 1. The average molecular weight is 481 g/mol. The van der Waals surface area contributed by atoms with Crippen molar-refractivity contribution in [2.75, 3.05) is 36.6 Å². The van der Waals surface area contributed by atoms with Gasteiger partial charge in [0.25, 0.3) is 5.91 Å². The smallest absolute Gasteiger partial charge is 0.257 e. The van der Waals surface area contributed by atoms with Gasteiger partial charge in [-0.1, -0.05) is 30.3 Å². The molecule has 0 atom stereocenters. The van der Waals surface area contributed by atoms with E-state index in [1.165, 1.54) is 20.2 Å². The molecule has 0 heterocycles. The van der Waals surface area contributed by atoms with E-state index in [1.807, 2.05) is 32.0 Å². The van der Waals surface area contributed by atoms with Crippen molar-refractivity contribution in [1.82, 2.24) is 4.31 Å². The Bertz CT molecular complexity index is 1310. The number of rotatable bonds is 8. The van der Waals surface area contributed by atoms with E-state index in [4.69, 9.17) is 0 Å². The number of carbonyl (C=O) groups is 2. The molecule has 0 fully saturated rings. The van der Waals surface area contributed by atoms with Gasteiger partial charge >= 0.3 is 0 Å². The maximum Gasteiger partial charge on any atom is 0.257 e. The topological polar surface area (TPSA) is 108 Å². The van der Waals surface area contributed by atoms with E-state index < -0.39 is 10.0 Å². The van der Waals surface area contributed by atoms with Crippen molar-refractivity contribution in [3.8, 4) is 0 Å². The lowest BCUT2D eigenvalue weighted by Gasteiger charge is -2.17. The fourth-order valence-electron chi connectivity index (χ4n) is 3.25. The van der Waals surface area contributed by atoms with E-state index in [-0.39, 0.29) is 23.3 Å². The number of amides is 2. The summed E-state index contributed by atoms with van der Waals surface area (Å²) in [6.45, 7) is 3.56. The van der Waals surface area contributed by atoms with Crippen LogP contribution >= 0.6 is 0 Å². The molecule has 0 saturated carbocycles. The van der Waals surface area contributed by atoms with Gasteiger partial charge in [0.2, 0.25) is 15.9 Å². The molecule has 2 amide bonds. The maximum atomic E-state index is 12.7. The Balaban J connectivity index is 1.73. The summed E-state index contributed by atoms with van der Waals surface area (Å²) >= 11 is 0. The predicted octanol–water partition coefficient (Wildman–Crippen LogP) is 3.86. The summed E-state index contributed by atoms with van der Waals surface area (Å²) in [6, 6.07) is 18.9. The molecule has 0 aliphatic rings. The van der Waals surface area contributed by atoms with E-state index >= 15 is 0 Å². The molecule has 3 rings (SSSR count). The molecule has 0 unspecified atom stereocenters. The number of nitrogens with zero attached hydrogens (tertiary/aromatic N) is 1. The zero-order valence-corrected chi connectivity index (χ0v) is 20.4. The van der Waals surface area contributed by atoms with E-state index in [0.29, 0.717) is 22.6 Å². The fourth-order valence-corrected chi connectivity index (χ4v) is 4.26. The normalized spacial score (nSPS) is 11.2. The van der Waals surface area contributed by atoms with Crippen LogP contribution in [-0.4, -0.2) is 45.2 Å². The van der Waals surface area contributed by atoms with Crippen molar-refractivity contribution in [1.29, 1.82) is 0 Å². The summed E-state index contributed by atoms with van der Waals surface area (Å²) in [5.74, 6) is -0.721. The molecular formula is C25H28N4O4S. The second kappa shape index (κ2) is 10.5. The number of carbonyl (C=O) groups excluding carboxylic acids is 2. The Hall–Kier alpha value is -3.69. The highest BCUT2D eigenvalue weighted by Gasteiger charge is 2.20. The lowest BCUT2D eigenvalue weighted by Crippen LogP contribution is -2.25. The molecule has 9 heteroatoms. The first-order valence-corrected chi connectivity index (χ1v) is 12.1. The van der Waals surface area contributed by atoms with Crippen molar-refractivity contribution >= 4 is 38.9 Å². The van der Waals surface area contributed by atoms with Gasteiger partial charge in [0, 0.05) is 25.5 Å². The zero-order chi connectivity index (χ0) is 24.9. The number of hydrogen-bond acceptors (Lipinski definition) is 5. The minimum atomic E-state index is -3.62. The van der Waals surface area contributed by atoms with Gasteiger partial charge in [-0.25, -0.2) is 12.7 Å². The molecule has 0 spiro atoms. The van der Waals surface area contributed by atoms with Gasteiger partial charge in [-0.15, -0.1) is 0 Å². The second-order valence-corrected chi connectivity index (χ2v) is 10.1. The van der Waals surface area contributed by atoms with Gasteiger partial charge in [-0.3, -0.25) is 9.59 Å². The summed E-state index contributed by atoms with van der Waals surface area (Å²) in [5.41, 5.74) is 3.52. The van der Waals surface area contributed by atoms with Gasteiger partial charge < -0.3 is 16.0 Å². The minimum Gasteiger partial charge on any atom is -0.376 e. The Labute approximate surface area is 200 Å². The maximum absolute atomic E-state index is 12.7. The summed E-state index contributed by atoms with van der Waals surface area (Å²) in [4.78, 5) is 25.5. The molecule has 0 radical (unpaired) electrons. The highest BCUT2D eigenvalue weighted by Crippen LogP contribution is 2.25. The largest absolute Gasteiger partial charge is 0.376 e. The van der Waals surface area contributed by atoms with E-state index in [1.54, 1.807) is 42.5 Å². The SMILES string of the molecule is Cc1cc(S(=O)(=O)N(C)C)cc(NCC(=O)Nc2ccccc2C(=O)Nc2ccccc2)c1C. The third-order valence-corrected chi connectivity index (χ3v) is 7.13. The number of hydrogen-bond donors (Lipinski definition) is 3. The van der Waals surface area contributed by atoms with Crippen LogP contribution in [0.3, 0.4) is 0 Å². The third kappa shape index (κ3) is 5.81. The monoisotopic (exact) mass is 480 g/mol. The molecule has 0 aromatic heterocycles.